The first-order chi connectivity index (χ1) is 8.07. The lowest BCUT2D eigenvalue weighted by atomic mass is 9.80. The molecule has 1 aromatic rings. The van der Waals surface area contributed by atoms with Gasteiger partial charge in [0.1, 0.15) is 0 Å². The Labute approximate surface area is 103 Å². The van der Waals surface area contributed by atoms with Gasteiger partial charge in [-0.3, -0.25) is 0 Å². The second kappa shape index (κ2) is 5.81. The van der Waals surface area contributed by atoms with Crippen LogP contribution in [0.1, 0.15) is 37.5 Å². The summed E-state index contributed by atoms with van der Waals surface area (Å²) in [5.41, 5.74) is 1.09. The van der Waals surface area contributed by atoms with Crippen molar-refractivity contribution in [2.45, 2.75) is 33.0 Å². The summed E-state index contributed by atoms with van der Waals surface area (Å²) >= 11 is 0. The van der Waals surface area contributed by atoms with Crippen LogP contribution in [-0.4, -0.2) is 12.2 Å². The van der Waals surface area contributed by atoms with E-state index >= 15 is 0 Å². The van der Waals surface area contributed by atoms with Gasteiger partial charge in [0, 0.05) is 7.11 Å². The van der Waals surface area contributed by atoms with E-state index in [4.69, 9.17) is 10.00 Å². The van der Waals surface area contributed by atoms with Gasteiger partial charge in [0.15, 0.2) is 0 Å². The van der Waals surface area contributed by atoms with Crippen molar-refractivity contribution < 1.29 is 9.84 Å². The third-order valence-electron chi connectivity index (χ3n) is 3.20. The van der Waals surface area contributed by atoms with Crippen LogP contribution in [0.25, 0.3) is 0 Å². The van der Waals surface area contributed by atoms with Gasteiger partial charge in [0.25, 0.3) is 0 Å². The van der Waals surface area contributed by atoms with Gasteiger partial charge in [-0.05, 0) is 24.5 Å². The highest BCUT2D eigenvalue weighted by atomic mass is 16.5. The summed E-state index contributed by atoms with van der Waals surface area (Å²) in [5, 5.41) is 19.3. The van der Waals surface area contributed by atoms with Crippen molar-refractivity contribution in [2.24, 2.45) is 5.41 Å². The van der Waals surface area contributed by atoms with Crippen LogP contribution >= 0.6 is 0 Å². The molecule has 0 saturated heterocycles. The number of nitriles is 1. The van der Waals surface area contributed by atoms with Gasteiger partial charge < -0.3 is 9.84 Å². The van der Waals surface area contributed by atoms with Gasteiger partial charge in [-0.25, -0.2) is 0 Å². The Morgan fingerprint density at radius 2 is 2.00 bits per heavy atom. The minimum absolute atomic E-state index is 0.555. The van der Waals surface area contributed by atoms with Crippen LogP contribution in [0.3, 0.4) is 0 Å². The first kappa shape index (κ1) is 13.7. The summed E-state index contributed by atoms with van der Waals surface area (Å²) in [6.07, 6.45) is -0.140. The lowest BCUT2D eigenvalue weighted by Crippen LogP contribution is -2.22. The molecule has 0 saturated carbocycles. The largest absolute Gasteiger partial charge is 0.387 e. The van der Waals surface area contributed by atoms with E-state index in [-0.39, 0.29) is 0 Å². The highest BCUT2D eigenvalue weighted by Crippen LogP contribution is 2.35. The van der Waals surface area contributed by atoms with Crippen LogP contribution in [0.15, 0.2) is 24.3 Å². The molecule has 0 fully saturated rings. The van der Waals surface area contributed by atoms with Crippen LogP contribution in [0.2, 0.25) is 0 Å². The summed E-state index contributed by atoms with van der Waals surface area (Å²) in [7, 11) is 1.65. The van der Waals surface area contributed by atoms with E-state index in [2.05, 4.69) is 6.07 Å². The molecule has 2 unspecified atom stereocenters. The fourth-order valence-electron chi connectivity index (χ4n) is 1.66. The minimum atomic E-state index is -0.755. The molecular weight excluding hydrogens is 214 g/mol. The summed E-state index contributed by atoms with van der Waals surface area (Å²) in [5.74, 6) is 0. The molecule has 1 rings (SSSR count). The van der Waals surface area contributed by atoms with Crippen molar-refractivity contribution in [1.29, 1.82) is 5.26 Å². The molecule has 0 heterocycles. The van der Waals surface area contributed by atoms with Gasteiger partial charge in [-0.2, -0.15) is 5.26 Å². The Balaban J connectivity index is 2.90. The van der Waals surface area contributed by atoms with Gasteiger partial charge >= 0.3 is 0 Å². The van der Waals surface area contributed by atoms with Crippen molar-refractivity contribution in [2.75, 3.05) is 7.11 Å². The van der Waals surface area contributed by atoms with Crippen molar-refractivity contribution >= 4 is 0 Å². The van der Waals surface area contributed by atoms with E-state index in [0.717, 1.165) is 11.1 Å². The first-order valence-corrected chi connectivity index (χ1v) is 5.74. The maximum absolute atomic E-state index is 10.2. The molecule has 0 aliphatic carbocycles. The van der Waals surface area contributed by atoms with Gasteiger partial charge in [0.2, 0.25) is 0 Å². The number of benzene rings is 1. The van der Waals surface area contributed by atoms with Crippen molar-refractivity contribution in [3.8, 4) is 6.07 Å². The molecule has 0 amide bonds. The van der Waals surface area contributed by atoms with Crippen LogP contribution in [0.4, 0.5) is 0 Å². The van der Waals surface area contributed by atoms with Crippen molar-refractivity contribution in [3.63, 3.8) is 0 Å². The maximum Gasteiger partial charge on any atom is 0.0973 e. The third-order valence-corrected chi connectivity index (χ3v) is 3.20. The van der Waals surface area contributed by atoms with E-state index < -0.39 is 11.5 Å². The summed E-state index contributed by atoms with van der Waals surface area (Å²) in [6, 6.07) is 9.72. The van der Waals surface area contributed by atoms with Crippen LogP contribution < -0.4 is 0 Å². The van der Waals surface area contributed by atoms with Crippen molar-refractivity contribution in [1.82, 2.24) is 0 Å². The topological polar surface area (TPSA) is 53.2 Å². The minimum Gasteiger partial charge on any atom is -0.387 e. The number of methoxy groups -OCH3 is 1. The predicted molar refractivity (Wildman–Crippen MR) is 66.1 cm³/mol. The second-order valence-corrected chi connectivity index (χ2v) is 4.46. The van der Waals surface area contributed by atoms with Crippen LogP contribution in [-0.2, 0) is 11.3 Å². The smallest absolute Gasteiger partial charge is 0.0973 e. The number of rotatable bonds is 5. The average molecular weight is 233 g/mol. The molecule has 0 radical (unpaired) electrons. The lowest BCUT2D eigenvalue weighted by molar-refractivity contribution is 0.0721. The summed E-state index contributed by atoms with van der Waals surface area (Å²) < 4.78 is 5.02. The summed E-state index contributed by atoms with van der Waals surface area (Å²) in [4.78, 5) is 0. The third kappa shape index (κ3) is 3.06. The molecule has 0 spiro atoms. The predicted octanol–water partition coefficient (Wildman–Crippen LogP) is 2.81. The standard InChI is InChI=1S/C14H19NO2/c1-4-14(2,10-15)13(16)12-7-5-11(6-8-12)9-17-3/h5-8,13,16H,4,9H2,1-3H3. The Hall–Kier alpha value is -1.37. The van der Waals surface area contributed by atoms with Crippen LogP contribution in [0.5, 0.6) is 0 Å². The number of hydrogen-bond acceptors (Lipinski definition) is 3. The SMILES string of the molecule is CCC(C)(C#N)C(O)c1ccc(COC)cc1. The Kier molecular flexibility index (Phi) is 4.68. The molecule has 2 atom stereocenters. The highest BCUT2D eigenvalue weighted by Gasteiger charge is 2.32. The number of aliphatic hydroxyl groups is 1. The molecular formula is C14H19NO2. The molecule has 0 aliphatic rings. The normalized spacial score (nSPS) is 15.9. The highest BCUT2D eigenvalue weighted by molar-refractivity contribution is 5.26. The zero-order valence-electron chi connectivity index (χ0n) is 10.6. The Bertz CT molecular complexity index is 394. The zero-order chi connectivity index (χ0) is 12.9. The van der Waals surface area contributed by atoms with E-state index in [1.807, 2.05) is 31.2 Å². The van der Waals surface area contributed by atoms with E-state index in [1.54, 1.807) is 14.0 Å². The summed E-state index contributed by atoms with van der Waals surface area (Å²) in [6.45, 7) is 4.24. The molecule has 0 bridgehead atoms. The van der Waals surface area contributed by atoms with Gasteiger partial charge in [0.05, 0.1) is 24.2 Å². The molecule has 1 aromatic carbocycles. The van der Waals surface area contributed by atoms with E-state index in [1.165, 1.54) is 0 Å². The molecule has 17 heavy (non-hydrogen) atoms. The number of nitrogens with zero attached hydrogens (tertiary/aromatic N) is 1. The maximum atomic E-state index is 10.2. The van der Waals surface area contributed by atoms with E-state index in [0.29, 0.717) is 13.0 Å². The quantitative estimate of drug-likeness (QED) is 0.850. The molecule has 3 heteroatoms. The lowest BCUT2D eigenvalue weighted by Gasteiger charge is -2.26. The Morgan fingerprint density at radius 3 is 2.41 bits per heavy atom. The monoisotopic (exact) mass is 233 g/mol. The molecule has 3 nitrogen and oxygen atoms in total. The fourth-order valence-corrected chi connectivity index (χ4v) is 1.66. The average Bonchev–Trinajstić information content (AvgIpc) is 2.38. The fraction of sp³-hybridized carbons (Fsp3) is 0.500. The van der Waals surface area contributed by atoms with Crippen LogP contribution in [0, 0.1) is 16.7 Å². The molecule has 92 valence electrons. The number of hydrogen-bond donors (Lipinski definition) is 1. The first-order valence-electron chi connectivity index (χ1n) is 5.74. The molecule has 0 aliphatic heterocycles. The van der Waals surface area contributed by atoms with Gasteiger partial charge in [-0.1, -0.05) is 31.2 Å². The molecule has 0 aromatic heterocycles. The number of aliphatic hydroxyl groups excluding tert-OH is 1. The van der Waals surface area contributed by atoms with Crippen molar-refractivity contribution in [3.05, 3.63) is 35.4 Å². The second-order valence-electron chi connectivity index (χ2n) is 4.46. The zero-order valence-corrected chi connectivity index (χ0v) is 10.6. The van der Waals surface area contributed by atoms with Gasteiger partial charge in [-0.15, -0.1) is 0 Å². The Morgan fingerprint density at radius 1 is 1.41 bits per heavy atom. The molecule has 1 N–H and O–H groups in total. The van der Waals surface area contributed by atoms with E-state index in [9.17, 15) is 5.11 Å². The number of ether oxygens (including phenoxy) is 1.